The van der Waals surface area contributed by atoms with Crippen molar-refractivity contribution >= 4 is 17.5 Å². The summed E-state index contributed by atoms with van der Waals surface area (Å²) in [6.07, 6.45) is 15.6. The molecule has 1 aromatic rings. The Morgan fingerprint density at radius 2 is 2.25 bits per heavy atom. The largest absolute Gasteiger partial charge is 0.381 e. The first kappa shape index (κ1) is 21.5. The third-order valence-electron chi connectivity index (χ3n) is 4.05. The molecule has 0 atom stereocenters. The number of aromatic nitrogens is 1. The van der Waals surface area contributed by atoms with Gasteiger partial charge in [0, 0.05) is 24.2 Å². The standard InChI is InChI=1S/C23H24FN3S/c1-4-5-6-9-19(14-24)15-27-23(20-12-18(3)28-16-17(20)2)13-21(25)22-10-7-8-11-26-22/h1,5-13,25,27H,14-16H2,2-3H3/b6-5-,19-9+,23-13-,25-21?. The van der Waals surface area contributed by atoms with Gasteiger partial charge in [0.1, 0.15) is 6.67 Å². The van der Waals surface area contributed by atoms with Crippen LogP contribution in [0.2, 0.25) is 0 Å². The highest BCUT2D eigenvalue weighted by molar-refractivity contribution is 8.03. The summed E-state index contributed by atoms with van der Waals surface area (Å²) in [5.74, 6) is 3.28. The second kappa shape index (κ2) is 11.1. The highest BCUT2D eigenvalue weighted by atomic mass is 32.2. The smallest absolute Gasteiger partial charge is 0.113 e. The van der Waals surface area contributed by atoms with Crippen LogP contribution < -0.4 is 5.32 Å². The van der Waals surface area contributed by atoms with E-state index in [1.165, 1.54) is 16.6 Å². The average Bonchev–Trinajstić information content (AvgIpc) is 2.72. The zero-order valence-corrected chi connectivity index (χ0v) is 16.9. The Bertz CT molecular complexity index is 900. The van der Waals surface area contributed by atoms with Crippen LogP contribution in [-0.4, -0.2) is 29.7 Å². The summed E-state index contributed by atoms with van der Waals surface area (Å²) in [5, 5.41) is 11.7. The van der Waals surface area contributed by atoms with Crippen LogP contribution in [0.4, 0.5) is 4.39 Å². The molecule has 0 saturated carbocycles. The predicted molar refractivity (Wildman–Crippen MR) is 118 cm³/mol. The molecule has 2 heterocycles. The van der Waals surface area contributed by atoms with Crippen LogP contribution in [-0.2, 0) is 0 Å². The zero-order chi connectivity index (χ0) is 20.4. The van der Waals surface area contributed by atoms with E-state index >= 15 is 0 Å². The molecule has 0 unspecified atom stereocenters. The number of thioether (sulfide) groups is 1. The number of pyridine rings is 1. The highest BCUT2D eigenvalue weighted by Gasteiger charge is 2.14. The second-order valence-corrected chi connectivity index (χ2v) is 7.48. The van der Waals surface area contributed by atoms with Crippen molar-refractivity contribution in [3.63, 3.8) is 0 Å². The molecule has 0 fully saturated rings. The number of alkyl halides is 1. The minimum Gasteiger partial charge on any atom is -0.381 e. The van der Waals surface area contributed by atoms with Crippen LogP contribution in [0.5, 0.6) is 0 Å². The first-order valence-corrected chi connectivity index (χ1v) is 9.87. The van der Waals surface area contributed by atoms with Crippen LogP contribution in [0, 0.1) is 17.8 Å². The summed E-state index contributed by atoms with van der Waals surface area (Å²) < 4.78 is 13.4. The molecule has 0 radical (unpaired) electrons. The Labute approximate surface area is 170 Å². The first-order chi connectivity index (χ1) is 13.5. The van der Waals surface area contributed by atoms with Crippen molar-refractivity contribution in [2.75, 3.05) is 19.0 Å². The Morgan fingerprint density at radius 1 is 1.43 bits per heavy atom. The Morgan fingerprint density at radius 3 is 2.93 bits per heavy atom. The molecule has 0 aliphatic carbocycles. The number of halogens is 1. The molecule has 28 heavy (non-hydrogen) atoms. The fourth-order valence-corrected chi connectivity index (χ4v) is 3.34. The topological polar surface area (TPSA) is 48.8 Å². The molecule has 1 aliphatic rings. The molecule has 2 rings (SSSR count). The van der Waals surface area contributed by atoms with Crippen molar-refractivity contribution in [2.45, 2.75) is 13.8 Å². The average molecular weight is 394 g/mol. The maximum atomic E-state index is 13.4. The third-order valence-corrected chi connectivity index (χ3v) is 5.20. The third kappa shape index (κ3) is 6.40. The zero-order valence-electron chi connectivity index (χ0n) is 16.1. The van der Waals surface area contributed by atoms with Gasteiger partial charge in [-0.2, -0.15) is 0 Å². The van der Waals surface area contributed by atoms with Gasteiger partial charge in [-0.15, -0.1) is 18.2 Å². The van der Waals surface area contributed by atoms with E-state index in [0.29, 0.717) is 23.5 Å². The Balaban J connectivity index is 2.33. The number of rotatable bonds is 8. The molecular weight excluding hydrogens is 369 g/mol. The summed E-state index contributed by atoms with van der Waals surface area (Å²) in [4.78, 5) is 5.44. The molecule has 0 bridgehead atoms. The van der Waals surface area contributed by atoms with E-state index in [9.17, 15) is 4.39 Å². The van der Waals surface area contributed by atoms with Crippen molar-refractivity contribution in [3.8, 4) is 12.3 Å². The molecule has 0 saturated heterocycles. The minimum absolute atomic E-state index is 0.297. The molecule has 0 aromatic carbocycles. The summed E-state index contributed by atoms with van der Waals surface area (Å²) in [6.45, 7) is 3.89. The van der Waals surface area contributed by atoms with Gasteiger partial charge in [-0.1, -0.05) is 29.7 Å². The minimum atomic E-state index is -0.574. The molecule has 2 N–H and O–H groups in total. The normalized spacial score (nSPS) is 15.4. The number of hydrogen-bond acceptors (Lipinski definition) is 4. The molecule has 0 amide bonds. The van der Waals surface area contributed by atoms with Gasteiger partial charge < -0.3 is 5.32 Å². The van der Waals surface area contributed by atoms with Crippen LogP contribution in [0.15, 0.2) is 82.1 Å². The maximum absolute atomic E-state index is 13.4. The number of allylic oxidation sites excluding steroid dienone is 6. The summed E-state index contributed by atoms with van der Waals surface area (Å²) >= 11 is 1.79. The van der Waals surface area contributed by atoms with E-state index in [1.54, 1.807) is 42.3 Å². The van der Waals surface area contributed by atoms with E-state index < -0.39 is 6.67 Å². The molecule has 1 aromatic heterocycles. The Kier molecular flexibility index (Phi) is 8.51. The van der Waals surface area contributed by atoms with Crippen molar-refractivity contribution in [1.82, 2.24) is 10.3 Å². The van der Waals surface area contributed by atoms with Gasteiger partial charge in [0.05, 0.1) is 11.4 Å². The summed E-state index contributed by atoms with van der Waals surface area (Å²) in [6, 6.07) is 5.47. The van der Waals surface area contributed by atoms with Gasteiger partial charge in [-0.05, 0) is 60.3 Å². The van der Waals surface area contributed by atoms with Gasteiger partial charge in [-0.3, -0.25) is 10.4 Å². The quantitative estimate of drug-likeness (QED) is 0.372. The van der Waals surface area contributed by atoms with Crippen molar-refractivity contribution < 1.29 is 4.39 Å². The second-order valence-electron chi connectivity index (χ2n) is 6.26. The SMILES string of the molecule is C#C/C=C\C=C(/CF)CN/C(=C\C(=N)c1ccccn1)C1=C(C)CSC(C)=C1. The summed E-state index contributed by atoms with van der Waals surface area (Å²) in [7, 11) is 0. The van der Waals surface area contributed by atoms with Gasteiger partial charge in [0.2, 0.25) is 0 Å². The maximum Gasteiger partial charge on any atom is 0.113 e. The van der Waals surface area contributed by atoms with Crippen LogP contribution in [0.1, 0.15) is 19.5 Å². The van der Waals surface area contributed by atoms with E-state index in [2.05, 4.69) is 36.1 Å². The fourth-order valence-electron chi connectivity index (χ4n) is 2.54. The number of hydrogen-bond donors (Lipinski definition) is 2. The lowest BCUT2D eigenvalue weighted by molar-refractivity contribution is 0.533. The highest BCUT2D eigenvalue weighted by Crippen LogP contribution is 2.30. The van der Waals surface area contributed by atoms with E-state index in [1.807, 2.05) is 12.1 Å². The van der Waals surface area contributed by atoms with Crippen LogP contribution in [0.25, 0.3) is 0 Å². The molecule has 3 nitrogen and oxygen atoms in total. The molecule has 5 heteroatoms. The molecule has 0 spiro atoms. The van der Waals surface area contributed by atoms with E-state index in [4.69, 9.17) is 11.8 Å². The van der Waals surface area contributed by atoms with Crippen molar-refractivity contribution in [1.29, 1.82) is 5.41 Å². The van der Waals surface area contributed by atoms with Crippen LogP contribution in [0.3, 0.4) is 0 Å². The molecule has 144 valence electrons. The summed E-state index contributed by atoms with van der Waals surface area (Å²) in [5.41, 5.74) is 4.49. The number of nitrogens with zero attached hydrogens (tertiary/aromatic N) is 1. The first-order valence-electron chi connectivity index (χ1n) is 8.88. The number of terminal acetylenes is 1. The van der Waals surface area contributed by atoms with Crippen molar-refractivity contribution in [2.24, 2.45) is 0 Å². The van der Waals surface area contributed by atoms with Gasteiger partial charge in [-0.25, -0.2) is 4.39 Å². The monoisotopic (exact) mass is 393 g/mol. The lowest BCUT2D eigenvalue weighted by Gasteiger charge is -2.20. The lowest BCUT2D eigenvalue weighted by atomic mass is 10.0. The lowest BCUT2D eigenvalue weighted by Crippen LogP contribution is -2.21. The molecule has 1 aliphatic heterocycles. The Hall–Kier alpha value is -2.84. The van der Waals surface area contributed by atoms with E-state index in [0.717, 1.165) is 17.0 Å². The van der Waals surface area contributed by atoms with E-state index in [-0.39, 0.29) is 0 Å². The van der Waals surface area contributed by atoms with Gasteiger partial charge in [0.25, 0.3) is 0 Å². The van der Waals surface area contributed by atoms with Gasteiger partial charge in [0.15, 0.2) is 0 Å². The molecular formula is C23H24FN3S. The van der Waals surface area contributed by atoms with Crippen molar-refractivity contribution in [3.05, 3.63) is 87.8 Å². The van der Waals surface area contributed by atoms with Crippen LogP contribution >= 0.6 is 11.8 Å². The number of nitrogens with one attached hydrogen (secondary N) is 2. The van der Waals surface area contributed by atoms with Gasteiger partial charge >= 0.3 is 0 Å². The fraction of sp³-hybridized carbons (Fsp3) is 0.217. The predicted octanol–water partition coefficient (Wildman–Crippen LogP) is 4.98.